The smallest absolute Gasteiger partial charge is 0.191 e. The van der Waals surface area contributed by atoms with Crippen molar-refractivity contribution in [3.63, 3.8) is 0 Å². The second-order valence-corrected chi connectivity index (χ2v) is 6.61. The average molecular weight is 332 g/mol. The van der Waals surface area contributed by atoms with Gasteiger partial charge >= 0.3 is 0 Å². The quantitative estimate of drug-likeness (QED) is 0.872. The maximum atomic E-state index is 4.38. The summed E-state index contributed by atoms with van der Waals surface area (Å²) in [6.07, 6.45) is 4.35. The molecule has 1 N–H and O–H groups in total. The van der Waals surface area contributed by atoms with E-state index in [0.717, 1.165) is 29.8 Å². The highest BCUT2D eigenvalue weighted by atomic mass is 35.5. The molecular weight excluding hydrogens is 314 g/mol. The van der Waals surface area contributed by atoms with Crippen LogP contribution in [0.2, 0.25) is 0 Å². The number of aromatic nitrogens is 4. The van der Waals surface area contributed by atoms with Crippen LogP contribution in [0.5, 0.6) is 0 Å². The maximum absolute atomic E-state index is 4.38. The number of thioether (sulfide) groups is 1. The first-order chi connectivity index (χ1) is 9.34. The van der Waals surface area contributed by atoms with Crippen LogP contribution in [0, 0.1) is 0 Å². The van der Waals surface area contributed by atoms with Crippen LogP contribution in [0.25, 0.3) is 0 Å². The molecule has 2 aromatic heterocycles. The molecule has 5 nitrogen and oxygen atoms in total. The molecule has 1 atom stereocenters. The molecule has 0 aliphatic carbocycles. The van der Waals surface area contributed by atoms with Crippen molar-refractivity contribution < 1.29 is 0 Å². The van der Waals surface area contributed by atoms with Gasteiger partial charge in [0.25, 0.3) is 0 Å². The van der Waals surface area contributed by atoms with E-state index in [2.05, 4.69) is 32.1 Å². The molecule has 0 saturated carbocycles. The van der Waals surface area contributed by atoms with E-state index in [1.54, 1.807) is 23.1 Å². The first-order valence-electron chi connectivity index (χ1n) is 6.45. The van der Waals surface area contributed by atoms with Gasteiger partial charge in [-0.1, -0.05) is 11.8 Å². The summed E-state index contributed by atoms with van der Waals surface area (Å²) in [4.78, 5) is 5.36. The predicted molar refractivity (Wildman–Crippen MR) is 84.8 cm³/mol. The summed E-state index contributed by atoms with van der Waals surface area (Å²) in [7, 11) is 2.07. The van der Waals surface area contributed by atoms with E-state index in [1.165, 1.54) is 17.7 Å². The lowest BCUT2D eigenvalue weighted by Gasteiger charge is -2.21. The van der Waals surface area contributed by atoms with Crippen LogP contribution in [-0.2, 0) is 12.8 Å². The van der Waals surface area contributed by atoms with Crippen molar-refractivity contribution in [2.45, 2.75) is 29.7 Å². The standard InChI is InChI=1S/C12H17N5S2.ClH/c1-17-11(9-3-2-4-13-5-9)15-16-12(17)18-7-10-6-14-8-19-10;/h6,8-9,13H,2-5,7H2,1H3;1H. The highest BCUT2D eigenvalue weighted by Gasteiger charge is 2.21. The highest BCUT2D eigenvalue weighted by Crippen LogP contribution is 2.27. The van der Waals surface area contributed by atoms with Crippen LogP contribution >= 0.6 is 35.5 Å². The lowest BCUT2D eigenvalue weighted by molar-refractivity contribution is 0.436. The van der Waals surface area contributed by atoms with Gasteiger partial charge in [-0.15, -0.1) is 33.9 Å². The van der Waals surface area contributed by atoms with Gasteiger partial charge in [0.2, 0.25) is 0 Å². The fourth-order valence-corrected chi connectivity index (χ4v) is 3.89. The van der Waals surface area contributed by atoms with Crippen molar-refractivity contribution in [2.75, 3.05) is 13.1 Å². The van der Waals surface area contributed by atoms with E-state index < -0.39 is 0 Å². The van der Waals surface area contributed by atoms with Gasteiger partial charge < -0.3 is 9.88 Å². The third-order valence-corrected chi connectivity index (χ3v) is 5.39. The van der Waals surface area contributed by atoms with Crippen LogP contribution in [0.4, 0.5) is 0 Å². The number of hydrogen-bond donors (Lipinski definition) is 1. The Balaban J connectivity index is 0.00000147. The summed E-state index contributed by atoms with van der Waals surface area (Å²) in [6, 6.07) is 0. The molecule has 1 unspecified atom stereocenters. The molecule has 8 heteroatoms. The van der Waals surface area contributed by atoms with Crippen molar-refractivity contribution in [3.05, 3.63) is 22.4 Å². The average Bonchev–Trinajstić information content (AvgIpc) is 3.07. The Labute approximate surface area is 133 Å². The van der Waals surface area contributed by atoms with E-state index in [4.69, 9.17) is 0 Å². The van der Waals surface area contributed by atoms with E-state index in [1.807, 2.05) is 11.7 Å². The van der Waals surface area contributed by atoms with Gasteiger partial charge in [-0.2, -0.15) is 0 Å². The van der Waals surface area contributed by atoms with E-state index in [-0.39, 0.29) is 12.4 Å². The summed E-state index contributed by atoms with van der Waals surface area (Å²) in [6.45, 7) is 2.15. The zero-order chi connectivity index (χ0) is 13.1. The summed E-state index contributed by atoms with van der Waals surface area (Å²) >= 11 is 3.41. The summed E-state index contributed by atoms with van der Waals surface area (Å²) < 4.78 is 2.14. The third-order valence-electron chi connectivity index (χ3n) is 3.36. The van der Waals surface area contributed by atoms with Crippen LogP contribution in [-0.4, -0.2) is 32.8 Å². The highest BCUT2D eigenvalue weighted by molar-refractivity contribution is 7.98. The minimum absolute atomic E-state index is 0. The number of nitrogens with one attached hydrogen (secondary N) is 1. The second kappa shape index (κ2) is 7.40. The molecule has 1 fully saturated rings. The summed E-state index contributed by atoms with van der Waals surface area (Å²) in [5, 5.41) is 13.1. The Kier molecular flexibility index (Phi) is 5.83. The first kappa shape index (κ1) is 15.8. The molecule has 0 amide bonds. The van der Waals surface area contributed by atoms with Crippen LogP contribution < -0.4 is 5.32 Å². The predicted octanol–water partition coefficient (Wildman–Crippen LogP) is 2.45. The monoisotopic (exact) mass is 331 g/mol. The molecule has 0 bridgehead atoms. The topological polar surface area (TPSA) is 55.6 Å². The molecule has 0 spiro atoms. The van der Waals surface area contributed by atoms with Crippen LogP contribution in [0.1, 0.15) is 29.5 Å². The molecular formula is C12H18ClN5S2. The molecule has 110 valence electrons. The van der Waals surface area contributed by atoms with E-state index in [0.29, 0.717) is 5.92 Å². The molecule has 20 heavy (non-hydrogen) atoms. The summed E-state index contributed by atoms with van der Waals surface area (Å²) in [5.74, 6) is 2.53. The fourth-order valence-electron chi connectivity index (χ4n) is 2.33. The van der Waals surface area contributed by atoms with Gasteiger partial charge in [-0.3, -0.25) is 4.98 Å². The third kappa shape index (κ3) is 3.52. The van der Waals surface area contributed by atoms with Crippen LogP contribution in [0.3, 0.4) is 0 Å². The molecule has 3 rings (SSSR count). The molecule has 1 aliphatic heterocycles. The SMILES string of the molecule is Cl.Cn1c(SCc2cncs2)nnc1C1CCCNC1. The number of hydrogen-bond acceptors (Lipinski definition) is 6. The van der Waals surface area contributed by atoms with Gasteiger partial charge in [-0.25, -0.2) is 0 Å². The lowest BCUT2D eigenvalue weighted by Crippen LogP contribution is -2.29. The molecule has 0 aromatic carbocycles. The number of thiazole rings is 1. The second-order valence-electron chi connectivity index (χ2n) is 4.70. The zero-order valence-electron chi connectivity index (χ0n) is 11.3. The Morgan fingerprint density at radius 3 is 3.10 bits per heavy atom. The molecule has 3 heterocycles. The fraction of sp³-hybridized carbons (Fsp3) is 0.583. The molecule has 2 aromatic rings. The van der Waals surface area contributed by atoms with Crippen molar-refractivity contribution in [3.8, 4) is 0 Å². The minimum Gasteiger partial charge on any atom is -0.316 e. The zero-order valence-corrected chi connectivity index (χ0v) is 13.7. The molecule has 1 aliphatic rings. The number of nitrogens with zero attached hydrogens (tertiary/aromatic N) is 4. The summed E-state index contributed by atoms with van der Waals surface area (Å²) in [5.41, 5.74) is 1.87. The largest absolute Gasteiger partial charge is 0.316 e. The first-order valence-corrected chi connectivity index (χ1v) is 8.31. The van der Waals surface area contributed by atoms with Gasteiger partial charge in [0.15, 0.2) is 5.16 Å². The van der Waals surface area contributed by atoms with E-state index >= 15 is 0 Å². The van der Waals surface area contributed by atoms with E-state index in [9.17, 15) is 0 Å². The Morgan fingerprint density at radius 2 is 2.40 bits per heavy atom. The Morgan fingerprint density at radius 1 is 1.50 bits per heavy atom. The maximum Gasteiger partial charge on any atom is 0.191 e. The number of piperidine rings is 1. The van der Waals surface area contributed by atoms with Crippen LogP contribution in [0.15, 0.2) is 16.9 Å². The Hall–Kier alpha value is -0.630. The minimum atomic E-state index is 0. The van der Waals surface area contributed by atoms with Gasteiger partial charge in [0.1, 0.15) is 5.82 Å². The molecule has 1 saturated heterocycles. The van der Waals surface area contributed by atoms with Gasteiger partial charge in [0.05, 0.1) is 5.51 Å². The molecule has 0 radical (unpaired) electrons. The van der Waals surface area contributed by atoms with Gasteiger partial charge in [-0.05, 0) is 19.4 Å². The number of halogens is 1. The van der Waals surface area contributed by atoms with Crippen molar-refractivity contribution in [1.82, 2.24) is 25.1 Å². The van der Waals surface area contributed by atoms with Gasteiger partial charge in [0, 0.05) is 36.3 Å². The lowest BCUT2D eigenvalue weighted by atomic mass is 9.99. The normalized spacial score (nSPS) is 18.8. The Bertz CT molecular complexity index is 522. The van der Waals surface area contributed by atoms with Crippen molar-refractivity contribution in [1.29, 1.82) is 0 Å². The number of rotatable bonds is 4. The van der Waals surface area contributed by atoms with Crippen molar-refractivity contribution in [2.24, 2.45) is 7.05 Å². The van der Waals surface area contributed by atoms with Crippen molar-refractivity contribution >= 4 is 35.5 Å².